The van der Waals surface area contributed by atoms with Crippen LogP contribution in [0.5, 0.6) is 5.75 Å². The van der Waals surface area contributed by atoms with E-state index in [9.17, 15) is 9.90 Å². The van der Waals surface area contributed by atoms with Crippen molar-refractivity contribution in [1.82, 2.24) is 5.32 Å². The van der Waals surface area contributed by atoms with Crippen molar-refractivity contribution in [3.8, 4) is 5.75 Å². The van der Waals surface area contributed by atoms with Gasteiger partial charge in [-0.2, -0.15) is 0 Å². The second kappa shape index (κ2) is 7.90. The van der Waals surface area contributed by atoms with Crippen LogP contribution in [0.1, 0.15) is 43.5 Å². The number of rotatable bonds is 8. The molecule has 4 nitrogen and oxygen atoms in total. The molecule has 0 unspecified atom stereocenters. The standard InChI is InChI=1S/C16H25NO3/c1-4-16(5-2,10-11-18)12-17-15(19)13-8-6-7-9-14(13)20-3/h6-9,18H,4-5,10-12H2,1-3H3,(H,17,19). The molecule has 1 aromatic carbocycles. The van der Waals surface area contributed by atoms with Gasteiger partial charge < -0.3 is 15.2 Å². The van der Waals surface area contributed by atoms with Gasteiger partial charge in [0.15, 0.2) is 0 Å². The van der Waals surface area contributed by atoms with Crippen molar-refractivity contribution < 1.29 is 14.6 Å². The number of hydrogen-bond donors (Lipinski definition) is 2. The second-order valence-corrected chi connectivity index (χ2v) is 5.06. The highest BCUT2D eigenvalue weighted by Gasteiger charge is 2.26. The first-order chi connectivity index (χ1) is 9.62. The molecule has 0 saturated carbocycles. The third-order valence-corrected chi connectivity index (χ3v) is 4.12. The molecule has 0 bridgehead atoms. The molecule has 0 aliphatic carbocycles. The maximum atomic E-state index is 12.3. The average molecular weight is 279 g/mol. The summed E-state index contributed by atoms with van der Waals surface area (Å²) >= 11 is 0. The molecule has 0 saturated heterocycles. The zero-order valence-corrected chi connectivity index (χ0v) is 12.6. The van der Waals surface area contributed by atoms with Gasteiger partial charge in [-0.3, -0.25) is 4.79 Å². The van der Waals surface area contributed by atoms with E-state index in [2.05, 4.69) is 19.2 Å². The third-order valence-electron chi connectivity index (χ3n) is 4.12. The van der Waals surface area contributed by atoms with Crippen molar-refractivity contribution in [1.29, 1.82) is 0 Å². The predicted octanol–water partition coefficient (Wildman–Crippen LogP) is 2.61. The van der Waals surface area contributed by atoms with E-state index >= 15 is 0 Å². The summed E-state index contributed by atoms with van der Waals surface area (Å²) in [5.74, 6) is 0.442. The summed E-state index contributed by atoms with van der Waals surface area (Å²) < 4.78 is 5.20. The lowest BCUT2D eigenvalue weighted by molar-refractivity contribution is 0.0904. The van der Waals surface area contributed by atoms with Crippen molar-refractivity contribution in [2.24, 2.45) is 5.41 Å². The van der Waals surface area contributed by atoms with E-state index in [4.69, 9.17) is 4.74 Å². The molecule has 2 N–H and O–H groups in total. The normalized spacial score (nSPS) is 11.2. The minimum absolute atomic E-state index is 0.0353. The number of amides is 1. The van der Waals surface area contributed by atoms with E-state index in [-0.39, 0.29) is 17.9 Å². The number of ether oxygens (including phenoxy) is 1. The van der Waals surface area contributed by atoms with Gasteiger partial charge in [-0.15, -0.1) is 0 Å². The molecule has 112 valence electrons. The molecule has 0 heterocycles. The molecular weight excluding hydrogens is 254 g/mol. The number of aliphatic hydroxyl groups is 1. The second-order valence-electron chi connectivity index (χ2n) is 5.06. The van der Waals surface area contributed by atoms with Gasteiger partial charge in [0, 0.05) is 13.2 Å². The fraction of sp³-hybridized carbons (Fsp3) is 0.562. The monoisotopic (exact) mass is 279 g/mol. The summed E-state index contributed by atoms with van der Waals surface area (Å²) in [6.45, 7) is 4.90. The van der Waals surface area contributed by atoms with Crippen LogP contribution in [0.4, 0.5) is 0 Å². The van der Waals surface area contributed by atoms with Crippen LogP contribution in [0.15, 0.2) is 24.3 Å². The van der Waals surface area contributed by atoms with Crippen LogP contribution in [-0.4, -0.2) is 31.3 Å². The van der Waals surface area contributed by atoms with Gasteiger partial charge in [0.05, 0.1) is 12.7 Å². The lowest BCUT2D eigenvalue weighted by Gasteiger charge is -2.31. The van der Waals surface area contributed by atoms with Crippen molar-refractivity contribution in [3.05, 3.63) is 29.8 Å². The number of aliphatic hydroxyl groups excluding tert-OH is 1. The highest BCUT2D eigenvalue weighted by Crippen LogP contribution is 2.29. The van der Waals surface area contributed by atoms with E-state index in [1.54, 1.807) is 19.2 Å². The maximum absolute atomic E-state index is 12.3. The Kier molecular flexibility index (Phi) is 6.52. The van der Waals surface area contributed by atoms with Crippen LogP contribution >= 0.6 is 0 Å². The Morgan fingerprint density at radius 1 is 1.30 bits per heavy atom. The van der Waals surface area contributed by atoms with Gasteiger partial charge in [-0.25, -0.2) is 0 Å². The fourth-order valence-corrected chi connectivity index (χ4v) is 2.37. The zero-order valence-electron chi connectivity index (χ0n) is 12.6. The SMILES string of the molecule is CCC(CC)(CCO)CNC(=O)c1ccccc1OC. The molecule has 1 amide bonds. The van der Waals surface area contributed by atoms with E-state index in [1.165, 1.54) is 0 Å². The number of methoxy groups -OCH3 is 1. The third kappa shape index (κ3) is 3.97. The van der Waals surface area contributed by atoms with E-state index in [0.717, 1.165) is 12.8 Å². The van der Waals surface area contributed by atoms with E-state index in [1.807, 2.05) is 12.1 Å². The topological polar surface area (TPSA) is 58.6 Å². The fourth-order valence-electron chi connectivity index (χ4n) is 2.37. The Hall–Kier alpha value is -1.55. The molecule has 1 rings (SSSR count). The Morgan fingerprint density at radius 3 is 2.50 bits per heavy atom. The van der Waals surface area contributed by atoms with Crippen LogP contribution in [0.25, 0.3) is 0 Å². The van der Waals surface area contributed by atoms with Crippen molar-refractivity contribution in [2.75, 3.05) is 20.3 Å². The van der Waals surface area contributed by atoms with Crippen LogP contribution in [-0.2, 0) is 0 Å². The highest BCUT2D eigenvalue weighted by atomic mass is 16.5. The summed E-state index contributed by atoms with van der Waals surface area (Å²) in [5.41, 5.74) is 0.506. The van der Waals surface area contributed by atoms with Crippen LogP contribution in [0.2, 0.25) is 0 Å². The number of hydrogen-bond acceptors (Lipinski definition) is 3. The minimum atomic E-state index is -0.133. The average Bonchev–Trinajstić information content (AvgIpc) is 2.51. The van der Waals surface area contributed by atoms with Crippen molar-refractivity contribution in [3.63, 3.8) is 0 Å². The summed E-state index contributed by atoms with van der Waals surface area (Å²) in [7, 11) is 1.56. The number of carbonyl (C=O) groups is 1. The van der Waals surface area contributed by atoms with Gasteiger partial charge >= 0.3 is 0 Å². The van der Waals surface area contributed by atoms with Crippen molar-refractivity contribution in [2.45, 2.75) is 33.1 Å². The predicted molar refractivity (Wildman–Crippen MR) is 80.0 cm³/mol. The highest BCUT2D eigenvalue weighted by molar-refractivity contribution is 5.96. The number of benzene rings is 1. The summed E-state index contributed by atoms with van der Waals surface area (Å²) in [4.78, 5) is 12.3. The van der Waals surface area contributed by atoms with Gasteiger partial charge in [0.2, 0.25) is 0 Å². The van der Waals surface area contributed by atoms with Crippen LogP contribution in [0, 0.1) is 5.41 Å². The van der Waals surface area contributed by atoms with Gasteiger partial charge in [-0.1, -0.05) is 26.0 Å². The smallest absolute Gasteiger partial charge is 0.255 e. The molecule has 0 fully saturated rings. The Bertz CT molecular complexity index is 427. The Labute approximate surface area is 121 Å². The van der Waals surface area contributed by atoms with Gasteiger partial charge in [-0.05, 0) is 36.8 Å². The van der Waals surface area contributed by atoms with Crippen LogP contribution in [0.3, 0.4) is 0 Å². The molecule has 0 aliphatic rings. The summed E-state index contributed by atoms with van der Waals surface area (Å²) in [6.07, 6.45) is 2.55. The quantitative estimate of drug-likeness (QED) is 0.769. The largest absolute Gasteiger partial charge is 0.496 e. The van der Waals surface area contributed by atoms with Gasteiger partial charge in [0.1, 0.15) is 5.75 Å². The Balaban J connectivity index is 2.75. The molecule has 20 heavy (non-hydrogen) atoms. The van der Waals surface area contributed by atoms with E-state index < -0.39 is 0 Å². The molecule has 0 radical (unpaired) electrons. The summed E-state index contributed by atoms with van der Waals surface area (Å²) in [6, 6.07) is 7.18. The molecule has 0 spiro atoms. The Morgan fingerprint density at radius 2 is 1.95 bits per heavy atom. The maximum Gasteiger partial charge on any atom is 0.255 e. The van der Waals surface area contributed by atoms with Gasteiger partial charge in [0.25, 0.3) is 5.91 Å². The minimum Gasteiger partial charge on any atom is -0.496 e. The first-order valence-corrected chi connectivity index (χ1v) is 7.14. The molecular formula is C16H25NO3. The van der Waals surface area contributed by atoms with Crippen molar-refractivity contribution >= 4 is 5.91 Å². The number of para-hydroxylation sites is 1. The molecule has 0 aromatic heterocycles. The first-order valence-electron chi connectivity index (χ1n) is 7.14. The zero-order chi connectivity index (χ0) is 15.0. The lowest BCUT2D eigenvalue weighted by Crippen LogP contribution is -2.37. The van der Waals surface area contributed by atoms with E-state index in [0.29, 0.717) is 24.3 Å². The number of carbonyl (C=O) groups excluding carboxylic acids is 1. The lowest BCUT2D eigenvalue weighted by atomic mass is 9.79. The first kappa shape index (κ1) is 16.5. The molecule has 1 aromatic rings. The van der Waals surface area contributed by atoms with Crippen LogP contribution < -0.4 is 10.1 Å². The molecule has 0 atom stereocenters. The number of nitrogens with one attached hydrogen (secondary N) is 1. The molecule has 0 aliphatic heterocycles. The summed E-state index contributed by atoms with van der Waals surface area (Å²) in [5, 5.41) is 12.2. The molecule has 4 heteroatoms.